The molecule has 6 heteroatoms. The van der Waals surface area contributed by atoms with Crippen LogP contribution >= 0.6 is 0 Å². The van der Waals surface area contributed by atoms with Crippen molar-refractivity contribution in [1.29, 1.82) is 15.8 Å². The topological polar surface area (TPSA) is 134 Å². The summed E-state index contributed by atoms with van der Waals surface area (Å²) in [6, 6.07) is 22.4. The molecule has 0 amide bonds. The van der Waals surface area contributed by atoms with Gasteiger partial charge in [0.05, 0.1) is 17.8 Å². The number of benzene rings is 2. The highest BCUT2D eigenvalue weighted by atomic mass is 14.8. The van der Waals surface area contributed by atoms with Crippen LogP contribution in [0, 0.1) is 34.0 Å². The van der Waals surface area contributed by atoms with Gasteiger partial charge >= 0.3 is 0 Å². The minimum absolute atomic E-state index is 0.141. The molecule has 0 aliphatic carbocycles. The molecule has 2 aromatic carbocycles. The number of hydrogen-bond acceptors (Lipinski definition) is 4. The molecule has 3 rings (SSSR count). The molecule has 0 unspecified atom stereocenters. The number of nitrogens with zero attached hydrogens (tertiary/aromatic N) is 5. The molecule has 1 aliphatic heterocycles. The number of quaternary nitrogens is 1. The molecular weight excluding hydrogens is 336 g/mol. The van der Waals surface area contributed by atoms with Crippen LogP contribution in [0.15, 0.2) is 70.7 Å². The van der Waals surface area contributed by atoms with Gasteiger partial charge in [0.15, 0.2) is 5.57 Å². The van der Waals surface area contributed by atoms with E-state index in [0.717, 1.165) is 6.54 Å². The summed E-state index contributed by atoms with van der Waals surface area (Å²) in [5.74, 6) is 1.77. The number of hydrogen-bond donors (Lipinski definition) is 1. The molecule has 0 spiro atoms. The van der Waals surface area contributed by atoms with Crippen molar-refractivity contribution in [3.8, 4) is 18.2 Å². The Labute approximate surface area is 156 Å². The van der Waals surface area contributed by atoms with Gasteiger partial charge in [-0.15, -0.1) is 0 Å². The van der Waals surface area contributed by atoms with E-state index in [1.165, 1.54) is 5.56 Å². The minimum atomic E-state index is -0.141. The maximum absolute atomic E-state index is 8.91. The van der Waals surface area contributed by atoms with Gasteiger partial charge < -0.3 is 11.1 Å². The number of aliphatic imine (C=N–C) groups is 1. The van der Waals surface area contributed by atoms with Crippen LogP contribution < -0.4 is 5.73 Å². The van der Waals surface area contributed by atoms with Crippen LogP contribution in [0.5, 0.6) is 0 Å². The molecule has 27 heavy (non-hydrogen) atoms. The van der Waals surface area contributed by atoms with Gasteiger partial charge in [0.2, 0.25) is 0 Å². The predicted molar refractivity (Wildman–Crippen MR) is 102 cm³/mol. The monoisotopic (exact) mass is 350 g/mol. The fraction of sp³-hybridized carbons (Fsp3) is 0.0476. The van der Waals surface area contributed by atoms with Crippen LogP contribution in [0.2, 0.25) is 0 Å². The van der Waals surface area contributed by atoms with Crippen molar-refractivity contribution in [2.75, 3.05) is 0 Å². The Kier molecular flexibility index (Phi) is 6.55. The van der Waals surface area contributed by atoms with Crippen LogP contribution in [-0.2, 0) is 6.54 Å². The Morgan fingerprint density at radius 3 is 1.96 bits per heavy atom. The molecule has 2 aromatic rings. The summed E-state index contributed by atoms with van der Waals surface area (Å²) in [6.45, 7) is 0.890. The molecule has 3 N–H and O–H groups in total. The van der Waals surface area contributed by atoms with Crippen LogP contribution in [0.1, 0.15) is 16.7 Å². The first-order valence-corrected chi connectivity index (χ1v) is 7.93. The second-order valence-corrected chi connectivity index (χ2v) is 5.29. The highest BCUT2D eigenvalue weighted by Crippen LogP contribution is 2.32. The van der Waals surface area contributed by atoms with Crippen molar-refractivity contribution in [2.45, 2.75) is 6.54 Å². The zero-order valence-corrected chi connectivity index (χ0v) is 14.3. The lowest BCUT2D eigenvalue weighted by molar-refractivity contribution is -0.386. The third kappa shape index (κ3) is 4.23. The molecule has 0 aromatic heterocycles. The van der Waals surface area contributed by atoms with E-state index in [0.29, 0.717) is 11.1 Å². The van der Waals surface area contributed by atoms with E-state index in [9.17, 15) is 0 Å². The normalized spacial score (nSPS) is 10.6. The van der Waals surface area contributed by atoms with Crippen molar-refractivity contribution in [2.24, 2.45) is 4.99 Å². The molecule has 0 saturated heterocycles. The predicted octanol–water partition coefficient (Wildman–Crippen LogP) is 2.37. The van der Waals surface area contributed by atoms with Crippen LogP contribution in [-0.4, -0.2) is 11.6 Å². The number of nitriles is 3. The SMILES string of the molecule is N#CC(=C=[N-])C1=NC(=C(C#N)C#N)c2ccccc21.[NH3+]Cc1ccccc1. The molecule has 0 radical (unpaired) electrons. The van der Waals surface area contributed by atoms with Gasteiger partial charge in [0.25, 0.3) is 0 Å². The lowest BCUT2D eigenvalue weighted by Crippen LogP contribution is -2.47. The summed E-state index contributed by atoms with van der Waals surface area (Å²) in [5, 5.41) is 35.7. The van der Waals surface area contributed by atoms with Crippen molar-refractivity contribution in [3.05, 3.63) is 87.8 Å². The van der Waals surface area contributed by atoms with Crippen molar-refractivity contribution in [1.82, 2.24) is 0 Å². The molecule has 0 bridgehead atoms. The van der Waals surface area contributed by atoms with Crippen LogP contribution in [0.3, 0.4) is 0 Å². The highest BCUT2D eigenvalue weighted by Gasteiger charge is 2.24. The standard InChI is InChI=1S/C14H4N5.C7H9N/c15-5-9(6-16)13-11-3-1-2-4-12(11)14(19-13)10(7-17)8-18;8-6-7-4-2-1-3-5-7/h1-4H;1-5H,6,8H2/q-1;/p+1. The highest BCUT2D eigenvalue weighted by molar-refractivity contribution is 6.26. The second kappa shape index (κ2) is 9.28. The first kappa shape index (κ1) is 19.1. The molecule has 1 heterocycles. The first-order valence-electron chi connectivity index (χ1n) is 7.93. The summed E-state index contributed by atoms with van der Waals surface area (Å²) in [6.07, 6.45) is 0. The van der Waals surface area contributed by atoms with Crippen LogP contribution in [0.25, 0.3) is 11.1 Å². The van der Waals surface area contributed by atoms with Gasteiger partial charge in [-0.2, -0.15) is 15.8 Å². The third-order valence-corrected chi connectivity index (χ3v) is 3.71. The average Bonchev–Trinajstić information content (AvgIpc) is 3.11. The smallest absolute Gasteiger partial charge is 0.155 e. The van der Waals surface area contributed by atoms with Gasteiger partial charge in [0.1, 0.15) is 23.9 Å². The zero-order chi connectivity index (χ0) is 19.6. The van der Waals surface area contributed by atoms with E-state index >= 15 is 0 Å². The Bertz CT molecular complexity index is 1070. The molecule has 128 valence electrons. The fourth-order valence-electron chi connectivity index (χ4n) is 2.42. The van der Waals surface area contributed by atoms with E-state index in [-0.39, 0.29) is 22.6 Å². The lowest BCUT2D eigenvalue weighted by atomic mass is 9.99. The van der Waals surface area contributed by atoms with E-state index in [4.69, 9.17) is 21.2 Å². The molecule has 0 atom stereocenters. The second-order valence-electron chi connectivity index (χ2n) is 5.29. The van der Waals surface area contributed by atoms with E-state index < -0.39 is 0 Å². The Hall–Kier alpha value is -4.27. The first-order chi connectivity index (χ1) is 13.2. The van der Waals surface area contributed by atoms with Crippen molar-refractivity contribution < 1.29 is 5.73 Å². The minimum Gasteiger partial charge on any atom is -0.762 e. The summed E-state index contributed by atoms with van der Waals surface area (Å²) < 4.78 is 0. The maximum atomic E-state index is 8.91. The van der Waals surface area contributed by atoms with Gasteiger partial charge in [0, 0.05) is 16.7 Å². The van der Waals surface area contributed by atoms with Gasteiger partial charge in [-0.1, -0.05) is 54.6 Å². The quantitative estimate of drug-likeness (QED) is 0.658. The van der Waals surface area contributed by atoms with E-state index in [2.05, 4.69) is 22.9 Å². The largest absolute Gasteiger partial charge is 0.762 e. The molecule has 1 aliphatic rings. The molecule has 0 saturated carbocycles. The number of allylic oxidation sites excluding steroid dienone is 2. The lowest BCUT2D eigenvalue weighted by Gasteiger charge is -2.00. The summed E-state index contributed by atoms with van der Waals surface area (Å²) >= 11 is 0. The number of rotatable bonds is 2. The maximum Gasteiger partial charge on any atom is 0.155 e. The van der Waals surface area contributed by atoms with Gasteiger partial charge in [-0.3, -0.25) is 0 Å². The fourth-order valence-corrected chi connectivity index (χ4v) is 2.42. The van der Waals surface area contributed by atoms with Gasteiger partial charge in [-0.25, -0.2) is 10.9 Å². The van der Waals surface area contributed by atoms with E-state index in [1.807, 2.05) is 18.2 Å². The van der Waals surface area contributed by atoms with Crippen LogP contribution in [0.4, 0.5) is 0 Å². The molecule has 6 nitrogen and oxygen atoms in total. The zero-order valence-electron chi connectivity index (χ0n) is 14.3. The van der Waals surface area contributed by atoms with Crippen molar-refractivity contribution in [3.63, 3.8) is 0 Å². The molecular formula is C21H14N6. The summed E-state index contributed by atoms with van der Waals surface area (Å²) in [5.41, 5.74) is 6.35. The van der Waals surface area contributed by atoms with Crippen molar-refractivity contribution >= 4 is 17.3 Å². The Balaban J connectivity index is 0.000000273. The average molecular weight is 350 g/mol. The van der Waals surface area contributed by atoms with Gasteiger partial charge in [-0.05, 0) is 0 Å². The summed E-state index contributed by atoms with van der Waals surface area (Å²) in [4.78, 5) is 4.11. The number of fused-ring (bicyclic) bond motifs is 1. The Morgan fingerprint density at radius 1 is 0.889 bits per heavy atom. The molecule has 0 fully saturated rings. The summed E-state index contributed by atoms with van der Waals surface area (Å²) in [7, 11) is 0. The third-order valence-electron chi connectivity index (χ3n) is 3.71. The Morgan fingerprint density at radius 2 is 1.48 bits per heavy atom. The van der Waals surface area contributed by atoms with E-state index in [1.54, 1.807) is 48.3 Å².